The van der Waals surface area contributed by atoms with E-state index in [9.17, 15) is 4.79 Å². The van der Waals surface area contributed by atoms with E-state index in [4.69, 9.17) is 9.47 Å². The summed E-state index contributed by atoms with van der Waals surface area (Å²) in [6.45, 7) is 26.9. The number of hydrogen-bond acceptors (Lipinski definition) is 7. The van der Waals surface area contributed by atoms with Crippen molar-refractivity contribution in [2.75, 3.05) is 11.9 Å². The topological polar surface area (TPSA) is 89.4 Å². The number of ether oxygens (including phenoxy) is 2. The molecule has 0 saturated carbocycles. The highest BCUT2D eigenvalue weighted by Crippen LogP contribution is 2.24. The molecule has 0 spiro atoms. The van der Waals surface area contributed by atoms with Gasteiger partial charge in [0.1, 0.15) is 11.4 Å². The molecule has 242 valence electrons. The third-order valence-electron chi connectivity index (χ3n) is 7.30. The van der Waals surface area contributed by atoms with E-state index < -0.39 is 11.6 Å². The molecule has 1 heterocycles. The molecule has 0 bridgehead atoms. The molecule has 0 amide bonds. The van der Waals surface area contributed by atoms with E-state index in [0.29, 0.717) is 18.3 Å². The molecule has 0 saturated heterocycles. The number of anilines is 1. The van der Waals surface area contributed by atoms with Crippen molar-refractivity contribution < 1.29 is 14.3 Å². The van der Waals surface area contributed by atoms with Crippen LogP contribution in [0.5, 0.6) is 0 Å². The van der Waals surface area contributed by atoms with Crippen LogP contribution in [0.25, 0.3) is 0 Å². The van der Waals surface area contributed by atoms with Crippen molar-refractivity contribution in [3.05, 3.63) is 121 Å². The molecule has 45 heavy (non-hydrogen) atoms. The van der Waals surface area contributed by atoms with E-state index in [1.165, 1.54) is 5.56 Å². The number of aromatic nitrogens is 2. The summed E-state index contributed by atoms with van der Waals surface area (Å²) in [4.78, 5) is 17.6. The molecule has 2 aromatic carbocycles. The predicted molar refractivity (Wildman–Crippen MR) is 184 cm³/mol. The summed E-state index contributed by atoms with van der Waals surface area (Å²) in [5.74, 6) is 0.710. The highest BCUT2D eigenvalue weighted by Gasteiger charge is 2.28. The van der Waals surface area contributed by atoms with Gasteiger partial charge in [-0.05, 0) is 85.4 Å². The van der Waals surface area contributed by atoms with Gasteiger partial charge < -0.3 is 30.0 Å². The fourth-order valence-corrected chi connectivity index (χ4v) is 4.89. The number of hydrogen-bond donors (Lipinski definition) is 3. The summed E-state index contributed by atoms with van der Waals surface area (Å²) in [5.41, 5.74) is 3.78. The maximum atomic E-state index is 13.0. The summed E-state index contributed by atoms with van der Waals surface area (Å²) in [6.07, 6.45) is 6.10. The first-order valence-corrected chi connectivity index (χ1v) is 15.6. The second-order valence-corrected chi connectivity index (χ2v) is 12.9. The van der Waals surface area contributed by atoms with Crippen LogP contribution in [0.3, 0.4) is 0 Å². The predicted octanol–water partition coefficient (Wildman–Crippen LogP) is 7.42. The molecule has 8 nitrogen and oxygen atoms in total. The number of carbonyl (C=O) groups is 1. The van der Waals surface area contributed by atoms with Crippen LogP contribution in [0, 0.1) is 6.92 Å². The van der Waals surface area contributed by atoms with Crippen LogP contribution in [0.1, 0.15) is 77.1 Å². The minimum atomic E-state index is -0.656. The van der Waals surface area contributed by atoms with Crippen LogP contribution in [-0.2, 0) is 20.7 Å². The molecule has 0 aliphatic heterocycles. The van der Waals surface area contributed by atoms with Gasteiger partial charge in [0.2, 0.25) is 0 Å². The quantitative estimate of drug-likeness (QED) is 0.108. The van der Waals surface area contributed by atoms with E-state index in [2.05, 4.69) is 64.9 Å². The number of imidazole rings is 1. The van der Waals surface area contributed by atoms with E-state index in [1.54, 1.807) is 17.8 Å². The minimum Gasteiger partial charge on any atom is -0.474 e. The Hall–Kier alpha value is -4.46. The van der Waals surface area contributed by atoms with E-state index >= 15 is 0 Å². The van der Waals surface area contributed by atoms with Crippen molar-refractivity contribution in [2.45, 2.75) is 91.0 Å². The first-order chi connectivity index (χ1) is 21.2. The molecule has 0 fully saturated rings. The van der Waals surface area contributed by atoms with Crippen molar-refractivity contribution in [3.63, 3.8) is 0 Å². The van der Waals surface area contributed by atoms with Gasteiger partial charge in [-0.1, -0.05) is 73.3 Å². The zero-order valence-corrected chi connectivity index (χ0v) is 28.1. The highest BCUT2D eigenvalue weighted by molar-refractivity contribution is 5.78. The standard InChI is InChI=1S/C37H51N5O3/c1-11-44-35(43)34(31-22-20-26(2)21-23-31)42-24-33(38-25-42)39-27(3)32(19-15-18-30-16-13-12-14-17-30)40-28(4)37(9,10)41-29(5)45-36(6,7)8/h12-14,16-17,20-25,32,34,39-41H,3-5,11,15,18-19H2,1-2,6-10H3. The number of nitrogens with zero attached hydrogens (tertiary/aromatic N) is 2. The Morgan fingerprint density at radius 3 is 2.29 bits per heavy atom. The normalized spacial score (nSPS) is 12.9. The van der Waals surface area contributed by atoms with Gasteiger partial charge in [-0.3, -0.25) is 0 Å². The minimum absolute atomic E-state index is 0.165. The van der Waals surface area contributed by atoms with Crippen molar-refractivity contribution >= 4 is 11.8 Å². The molecular weight excluding hydrogens is 562 g/mol. The average Bonchev–Trinajstić information content (AvgIpc) is 3.40. The molecule has 2 atom stereocenters. The van der Waals surface area contributed by atoms with Gasteiger partial charge in [-0.2, -0.15) is 0 Å². The molecule has 0 radical (unpaired) electrons. The van der Waals surface area contributed by atoms with Gasteiger partial charge >= 0.3 is 5.97 Å². The van der Waals surface area contributed by atoms with Gasteiger partial charge in [0.05, 0.1) is 24.5 Å². The Bertz CT molecular complexity index is 1430. The number of carbonyl (C=O) groups excluding carboxylic acids is 1. The van der Waals surface area contributed by atoms with Gasteiger partial charge in [0.25, 0.3) is 0 Å². The molecule has 2 unspecified atom stereocenters. The molecule has 8 heteroatoms. The second kappa shape index (κ2) is 15.5. The van der Waals surface area contributed by atoms with Gasteiger partial charge in [-0.15, -0.1) is 0 Å². The largest absolute Gasteiger partial charge is 0.474 e. The lowest BCUT2D eigenvalue weighted by Gasteiger charge is -2.36. The van der Waals surface area contributed by atoms with Crippen LogP contribution in [-0.4, -0.2) is 39.3 Å². The number of benzene rings is 2. The van der Waals surface area contributed by atoms with Crippen molar-refractivity contribution in [2.24, 2.45) is 0 Å². The molecular formula is C37H51N5O3. The fraction of sp³-hybridized carbons (Fsp3) is 0.405. The molecule has 3 aromatic rings. The van der Waals surface area contributed by atoms with Crippen LogP contribution < -0.4 is 16.0 Å². The SMILES string of the molecule is C=C(NC(C)(C)C(=C)NC(CCCc1ccccc1)C(=C)Nc1cn(C(C(=O)OCC)c2ccc(C)cc2)cn1)OC(C)(C)C. The lowest BCUT2D eigenvalue weighted by atomic mass is 9.98. The Labute approximate surface area is 269 Å². The first-order valence-electron chi connectivity index (χ1n) is 15.6. The summed E-state index contributed by atoms with van der Waals surface area (Å²) >= 11 is 0. The molecule has 0 aliphatic carbocycles. The zero-order chi connectivity index (χ0) is 33.2. The van der Waals surface area contributed by atoms with Crippen molar-refractivity contribution in [1.82, 2.24) is 20.2 Å². The summed E-state index contributed by atoms with van der Waals surface area (Å²) in [5, 5.41) is 10.3. The third kappa shape index (κ3) is 10.9. The number of nitrogens with one attached hydrogen (secondary N) is 3. The van der Waals surface area contributed by atoms with Crippen LogP contribution in [0.15, 0.2) is 104 Å². The lowest BCUT2D eigenvalue weighted by molar-refractivity contribution is -0.145. The van der Waals surface area contributed by atoms with Gasteiger partial charge in [0, 0.05) is 17.6 Å². The average molecular weight is 614 g/mol. The molecule has 3 rings (SSSR count). The summed E-state index contributed by atoms with van der Waals surface area (Å²) < 4.78 is 13.1. The Balaban J connectivity index is 1.78. The van der Waals surface area contributed by atoms with E-state index in [0.717, 1.165) is 41.8 Å². The van der Waals surface area contributed by atoms with Crippen molar-refractivity contribution in [3.8, 4) is 0 Å². The Morgan fingerprint density at radius 1 is 1.00 bits per heavy atom. The number of rotatable bonds is 17. The van der Waals surface area contributed by atoms with Crippen LogP contribution >= 0.6 is 0 Å². The lowest BCUT2D eigenvalue weighted by Crippen LogP contribution is -2.48. The first kappa shape index (κ1) is 35.0. The molecule has 0 aliphatic rings. The smallest absolute Gasteiger partial charge is 0.333 e. The Kier molecular flexibility index (Phi) is 12.1. The highest BCUT2D eigenvalue weighted by atomic mass is 16.5. The molecule has 3 N–H and O–H groups in total. The van der Waals surface area contributed by atoms with Gasteiger partial charge in [-0.25, -0.2) is 9.78 Å². The maximum Gasteiger partial charge on any atom is 0.333 e. The van der Waals surface area contributed by atoms with E-state index in [1.807, 2.05) is 78.1 Å². The fourth-order valence-electron chi connectivity index (χ4n) is 4.89. The third-order valence-corrected chi connectivity index (χ3v) is 7.30. The summed E-state index contributed by atoms with van der Waals surface area (Å²) in [7, 11) is 0. The Morgan fingerprint density at radius 2 is 1.67 bits per heavy atom. The van der Waals surface area contributed by atoms with Crippen molar-refractivity contribution in [1.29, 1.82) is 0 Å². The monoisotopic (exact) mass is 613 g/mol. The second-order valence-electron chi connectivity index (χ2n) is 12.9. The van der Waals surface area contributed by atoms with E-state index in [-0.39, 0.29) is 17.6 Å². The van der Waals surface area contributed by atoms with Crippen LogP contribution in [0.4, 0.5) is 5.82 Å². The molecule has 1 aromatic heterocycles. The summed E-state index contributed by atoms with van der Waals surface area (Å²) in [6, 6.07) is 17.5. The number of esters is 1. The zero-order valence-electron chi connectivity index (χ0n) is 28.1. The van der Waals surface area contributed by atoms with Crippen LogP contribution in [0.2, 0.25) is 0 Å². The maximum absolute atomic E-state index is 13.0. The number of aryl methyl sites for hydroxylation is 2. The van der Waals surface area contributed by atoms with Gasteiger partial charge in [0.15, 0.2) is 11.9 Å².